The van der Waals surface area contributed by atoms with Crippen molar-refractivity contribution in [2.75, 3.05) is 25.0 Å². The molecule has 1 aliphatic rings. The third-order valence-electron chi connectivity index (χ3n) is 4.91. The van der Waals surface area contributed by atoms with Gasteiger partial charge in [-0.05, 0) is 49.6 Å². The SMILES string of the molecule is CN(Cc1nc2ccc(Cl)cc2[nH]1)c1cc(C(=O)N2CCCCC2)ccn1. The predicted octanol–water partition coefficient (Wildman–Crippen LogP) is 3.87. The standard InChI is InChI=1S/C20H22ClN5O/c1-25(13-18-23-16-6-5-15(21)12-17(16)24-18)19-11-14(7-8-22-19)20(27)26-9-3-2-4-10-26/h5-8,11-12H,2-4,9-10,13H2,1H3,(H,23,24). The smallest absolute Gasteiger partial charge is 0.254 e. The van der Waals surface area contributed by atoms with Gasteiger partial charge in [0.15, 0.2) is 0 Å². The van der Waals surface area contributed by atoms with Gasteiger partial charge in [0.1, 0.15) is 11.6 Å². The number of amides is 1. The Hall–Kier alpha value is -2.60. The molecule has 6 nitrogen and oxygen atoms in total. The summed E-state index contributed by atoms with van der Waals surface area (Å²) in [6, 6.07) is 9.24. The highest BCUT2D eigenvalue weighted by molar-refractivity contribution is 6.31. The fourth-order valence-electron chi connectivity index (χ4n) is 3.45. The zero-order chi connectivity index (χ0) is 18.8. The highest BCUT2D eigenvalue weighted by Crippen LogP contribution is 2.20. The molecule has 1 fully saturated rings. The Labute approximate surface area is 163 Å². The quantitative estimate of drug-likeness (QED) is 0.742. The molecule has 3 heterocycles. The molecular weight excluding hydrogens is 362 g/mol. The summed E-state index contributed by atoms with van der Waals surface area (Å²) < 4.78 is 0. The van der Waals surface area contributed by atoms with Crippen molar-refractivity contribution >= 4 is 34.4 Å². The van der Waals surface area contributed by atoms with Crippen molar-refractivity contribution in [2.24, 2.45) is 0 Å². The van der Waals surface area contributed by atoms with Crippen LogP contribution in [-0.2, 0) is 6.54 Å². The average Bonchev–Trinajstić information content (AvgIpc) is 3.09. The first-order valence-corrected chi connectivity index (χ1v) is 9.58. The van der Waals surface area contributed by atoms with E-state index < -0.39 is 0 Å². The number of carbonyl (C=O) groups is 1. The third kappa shape index (κ3) is 3.90. The van der Waals surface area contributed by atoms with Gasteiger partial charge >= 0.3 is 0 Å². The molecule has 0 unspecified atom stereocenters. The van der Waals surface area contributed by atoms with Crippen molar-refractivity contribution in [3.05, 3.63) is 52.9 Å². The molecule has 1 aromatic carbocycles. The molecule has 0 saturated carbocycles. The van der Waals surface area contributed by atoms with Crippen LogP contribution in [0.3, 0.4) is 0 Å². The number of piperidine rings is 1. The van der Waals surface area contributed by atoms with Crippen molar-refractivity contribution < 1.29 is 4.79 Å². The van der Waals surface area contributed by atoms with Gasteiger partial charge in [0.2, 0.25) is 0 Å². The average molecular weight is 384 g/mol. The molecule has 1 N–H and O–H groups in total. The van der Waals surface area contributed by atoms with Crippen molar-refractivity contribution in [3.63, 3.8) is 0 Å². The number of nitrogens with zero attached hydrogens (tertiary/aromatic N) is 4. The van der Waals surface area contributed by atoms with Crippen LogP contribution in [-0.4, -0.2) is 45.9 Å². The lowest BCUT2D eigenvalue weighted by Gasteiger charge is -2.27. The Bertz CT molecular complexity index is 964. The maximum absolute atomic E-state index is 12.7. The monoisotopic (exact) mass is 383 g/mol. The number of aromatic nitrogens is 3. The van der Waals surface area contributed by atoms with Gasteiger partial charge in [-0.25, -0.2) is 9.97 Å². The first-order valence-electron chi connectivity index (χ1n) is 9.21. The van der Waals surface area contributed by atoms with E-state index in [9.17, 15) is 4.79 Å². The second-order valence-electron chi connectivity index (χ2n) is 6.96. The van der Waals surface area contributed by atoms with Gasteiger partial charge in [-0.1, -0.05) is 11.6 Å². The number of nitrogens with one attached hydrogen (secondary N) is 1. The predicted molar refractivity (Wildman–Crippen MR) is 107 cm³/mol. The van der Waals surface area contributed by atoms with Gasteiger partial charge < -0.3 is 14.8 Å². The van der Waals surface area contributed by atoms with Crippen molar-refractivity contribution in [1.82, 2.24) is 19.9 Å². The number of aromatic amines is 1. The van der Waals surface area contributed by atoms with Gasteiger partial charge in [-0.3, -0.25) is 4.79 Å². The Balaban J connectivity index is 1.51. The van der Waals surface area contributed by atoms with Crippen LogP contribution < -0.4 is 4.90 Å². The molecule has 27 heavy (non-hydrogen) atoms. The Morgan fingerprint density at radius 3 is 2.85 bits per heavy atom. The van der Waals surface area contributed by atoms with E-state index >= 15 is 0 Å². The van der Waals surface area contributed by atoms with Gasteiger partial charge in [-0.2, -0.15) is 0 Å². The maximum atomic E-state index is 12.7. The Kier molecular flexibility index (Phi) is 4.99. The number of imidazole rings is 1. The number of H-pyrrole nitrogens is 1. The molecule has 2 aromatic heterocycles. The molecule has 0 spiro atoms. The lowest BCUT2D eigenvalue weighted by Crippen LogP contribution is -2.35. The van der Waals surface area contributed by atoms with E-state index in [-0.39, 0.29) is 5.91 Å². The number of rotatable bonds is 4. The minimum Gasteiger partial charge on any atom is -0.352 e. The number of carbonyl (C=O) groups excluding carboxylic acids is 1. The topological polar surface area (TPSA) is 65.1 Å². The van der Waals surface area contributed by atoms with Crippen LogP contribution in [0, 0.1) is 0 Å². The van der Waals surface area contributed by atoms with Crippen LogP contribution in [0.15, 0.2) is 36.5 Å². The number of anilines is 1. The molecule has 3 aromatic rings. The molecule has 0 bridgehead atoms. The molecule has 0 aliphatic carbocycles. The van der Waals surface area contributed by atoms with Crippen LogP contribution in [0.25, 0.3) is 11.0 Å². The number of fused-ring (bicyclic) bond motifs is 1. The zero-order valence-electron chi connectivity index (χ0n) is 15.3. The summed E-state index contributed by atoms with van der Waals surface area (Å²) >= 11 is 6.04. The summed E-state index contributed by atoms with van der Waals surface area (Å²) in [5, 5.41) is 0.677. The fraction of sp³-hybridized carbons (Fsp3) is 0.350. The van der Waals surface area contributed by atoms with Crippen LogP contribution in [0.1, 0.15) is 35.4 Å². The molecule has 0 radical (unpaired) electrons. The molecule has 7 heteroatoms. The number of hydrogen-bond acceptors (Lipinski definition) is 4. The third-order valence-corrected chi connectivity index (χ3v) is 5.14. The van der Waals surface area contributed by atoms with Gasteiger partial charge in [-0.15, -0.1) is 0 Å². The molecule has 140 valence electrons. The molecule has 1 aliphatic heterocycles. The van der Waals surface area contributed by atoms with Crippen molar-refractivity contribution in [1.29, 1.82) is 0 Å². The summed E-state index contributed by atoms with van der Waals surface area (Å²) in [6.45, 7) is 2.24. The van der Waals surface area contributed by atoms with Crippen molar-refractivity contribution in [3.8, 4) is 0 Å². The summed E-state index contributed by atoms with van der Waals surface area (Å²) in [4.78, 5) is 28.9. The van der Waals surface area contributed by atoms with Gasteiger partial charge in [0.25, 0.3) is 5.91 Å². The fourth-order valence-corrected chi connectivity index (χ4v) is 3.63. The van der Waals surface area contributed by atoms with Crippen LogP contribution in [0.2, 0.25) is 5.02 Å². The highest BCUT2D eigenvalue weighted by Gasteiger charge is 2.19. The molecule has 0 atom stereocenters. The van der Waals surface area contributed by atoms with Gasteiger partial charge in [0, 0.05) is 36.9 Å². The zero-order valence-corrected chi connectivity index (χ0v) is 16.0. The van der Waals surface area contributed by atoms with E-state index in [2.05, 4.69) is 15.0 Å². The normalized spacial score (nSPS) is 14.5. The minimum absolute atomic E-state index is 0.0881. The summed E-state index contributed by atoms with van der Waals surface area (Å²) in [7, 11) is 1.94. The van der Waals surface area contributed by atoms with Gasteiger partial charge in [0.05, 0.1) is 17.6 Å². The minimum atomic E-state index is 0.0881. The van der Waals surface area contributed by atoms with E-state index in [0.717, 1.165) is 48.6 Å². The number of halogens is 1. The Morgan fingerprint density at radius 2 is 2.04 bits per heavy atom. The molecular formula is C20H22ClN5O. The second kappa shape index (κ2) is 7.56. The van der Waals surface area contributed by atoms with Crippen LogP contribution >= 0.6 is 11.6 Å². The van der Waals surface area contributed by atoms with E-state index in [0.29, 0.717) is 17.1 Å². The highest BCUT2D eigenvalue weighted by atomic mass is 35.5. The summed E-state index contributed by atoms with van der Waals surface area (Å²) in [5.41, 5.74) is 2.47. The van der Waals surface area contributed by atoms with Crippen LogP contribution in [0.4, 0.5) is 5.82 Å². The Morgan fingerprint density at radius 1 is 1.22 bits per heavy atom. The number of hydrogen-bond donors (Lipinski definition) is 1. The lowest BCUT2D eigenvalue weighted by atomic mass is 10.1. The largest absolute Gasteiger partial charge is 0.352 e. The van der Waals surface area contributed by atoms with E-state index in [1.165, 1.54) is 6.42 Å². The molecule has 1 saturated heterocycles. The first kappa shape index (κ1) is 17.8. The second-order valence-corrected chi connectivity index (χ2v) is 7.39. The van der Waals surface area contributed by atoms with E-state index in [4.69, 9.17) is 11.6 Å². The molecule has 1 amide bonds. The number of benzene rings is 1. The molecule has 4 rings (SSSR count). The number of likely N-dealkylation sites (tertiary alicyclic amines) is 1. The number of pyridine rings is 1. The summed E-state index contributed by atoms with van der Waals surface area (Å²) in [6.07, 6.45) is 5.07. The summed E-state index contributed by atoms with van der Waals surface area (Å²) in [5.74, 6) is 1.66. The van der Waals surface area contributed by atoms with E-state index in [1.54, 1.807) is 12.3 Å². The van der Waals surface area contributed by atoms with Crippen molar-refractivity contribution in [2.45, 2.75) is 25.8 Å². The lowest BCUT2D eigenvalue weighted by molar-refractivity contribution is 0.0724. The van der Waals surface area contributed by atoms with E-state index in [1.807, 2.05) is 41.1 Å². The maximum Gasteiger partial charge on any atom is 0.254 e. The first-order chi connectivity index (χ1) is 13.1. The van der Waals surface area contributed by atoms with Crippen LogP contribution in [0.5, 0.6) is 0 Å².